The van der Waals surface area contributed by atoms with E-state index >= 15 is 0 Å². The van der Waals surface area contributed by atoms with Gasteiger partial charge < -0.3 is 0 Å². The maximum absolute atomic E-state index is 13.9. The lowest BCUT2D eigenvalue weighted by Gasteiger charge is -2.38. The summed E-state index contributed by atoms with van der Waals surface area (Å²) in [4.78, 5) is 24.8. The summed E-state index contributed by atoms with van der Waals surface area (Å²) < 4.78 is 0. The van der Waals surface area contributed by atoms with Crippen LogP contribution < -0.4 is 5.43 Å². The number of hydrogen-bond acceptors (Lipinski definition) is 3. The van der Waals surface area contributed by atoms with Crippen LogP contribution in [0.5, 0.6) is 0 Å². The molecule has 0 saturated heterocycles. The Morgan fingerprint density at radius 3 is 1.02 bits per heavy atom. The third-order valence-corrected chi connectivity index (χ3v) is 23.8. The standard InChI is InChI=1S/C43H52N2OSi2/c1-27(2)47(28(3)4,29(5)6)25-23-33-21-22-34(24-26-48(30(7)8,31(9)10)32(11)12)40-39(33)44-41-35-17-13-15-19-37(35)43(46)38-20-16-14-18-36(38)42(41)45-40/h13-22,27-32H,1-12H3. The van der Waals surface area contributed by atoms with E-state index in [1.165, 1.54) is 0 Å². The molecule has 0 fully saturated rings. The van der Waals surface area contributed by atoms with Gasteiger partial charge in [0.1, 0.15) is 27.2 Å². The van der Waals surface area contributed by atoms with Crippen molar-refractivity contribution in [3.05, 3.63) is 82.0 Å². The molecule has 0 atom stereocenters. The fourth-order valence-corrected chi connectivity index (χ4v) is 19.3. The molecule has 0 spiro atoms. The minimum atomic E-state index is -2.02. The van der Waals surface area contributed by atoms with Crippen LogP contribution in [0.1, 0.15) is 94.2 Å². The van der Waals surface area contributed by atoms with Crippen LogP contribution in [0, 0.1) is 22.9 Å². The van der Waals surface area contributed by atoms with Crippen molar-refractivity contribution in [2.45, 2.75) is 116 Å². The molecule has 3 nitrogen and oxygen atoms in total. The van der Waals surface area contributed by atoms with Crippen LogP contribution in [0.25, 0.3) is 43.6 Å². The number of hydrogen-bond donors (Lipinski definition) is 0. The summed E-state index contributed by atoms with van der Waals surface area (Å²) in [5, 5.41) is 2.90. The van der Waals surface area contributed by atoms with Crippen molar-refractivity contribution < 1.29 is 0 Å². The molecule has 48 heavy (non-hydrogen) atoms. The average Bonchev–Trinajstić information content (AvgIpc) is 3.13. The highest BCUT2D eigenvalue weighted by atomic mass is 28.3. The van der Waals surface area contributed by atoms with E-state index in [0.29, 0.717) is 44.0 Å². The van der Waals surface area contributed by atoms with Gasteiger partial charge in [-0.1, -0.05) is 143 Å². The molecule has 1 heterocycles. The minimum Gasteiger partial charge on any atom is -0.289 e. The Labute approximate surface area is 290 Å². The van der Waals surface area contributed by atoms with Crippen molar-refractivity contribution in [1.29, 1.82) is 0 Å². The molecule has 5 rings (SSSR count). The molecule has 0 aliphatic heterocycles. The molecular weight excluding hydrogens is 617 g/mol. The van der Waals surface area contributed by atoms with Gasteiger partial charge in [-0.2, -0.15) is 0 Å². The van der Waals surface area contributed by atoms with Crippen molar-refractivity contribution in [2.24, 2.45) is 0 Å². The van der Waals surface area contributed by atoms with E-state index in [2.05, 4.69) is 118 Å². The summed E-state index contributed by atoms with van der Waals surface area (Å²) in [6, 6.07) is 19.8. The van der Waals surface area contributed by atoms with Gasteiger partial charge in [0.25, 0.3) is 0 Å². The Morgan fingerprint density at radius 2 is 0.729 bits per heavy atom. The van der Waals surface area contributed by atoms with E-state index < -0.39 is 16.1 Å². The second-order valence-corrected chi connectivity index (χ2v) is 26.7. The first-order valence-corrected chi connectivity index (χ1v) is 22.3. The number of nitrogens with zero attached hydrogens (tertiary/aromatic N) is 2. The van der Waals surface area contributed by atoms with Crippen LogP contribution in [0.4, 0.5) is 0 Å². The zero-order valence-electron chi connectivity index (χ0n) is 31.0. The van der Waals surface area contributed by atoms with Gasteiger partial charge in [-0.15, -0.1) is 11.1 Å². The molecule has 248 valence electrons. The maximum Gasteiger partial charge on any atom is 0.194 e. The van der Waals surface area contributed by atoms with Gasteiger partial charge in [0.15, 0.2) is 5.43 Å². The predicted octanol–water partition coefficient (Wildman–Crippen LogP) is 11.6. The topological polar surface area (TPSA) is 42.9 Å². The Balaban J connectivity index is 1.99. The van der Waals surface area contributed by atoms with Gasteiger partial charge in [0.05, 0.1) is 22.2 Å². The van der Waals surface area contributed by atoms with Gasteiger partial charge in [-0.25, -0.2) is 9.97 Å². The Hall–Kier alpha value is -3.78. The quantitative estimate of drug-likeness (QED) is 0.134. The van der Waals surface area contributed by atoms with Crippen LogP contribution in [0.3, 0.4) is 0 Å². The first-order valence-electron chi connectivity index (χ1n) is 17.8. The zero-order valence-corrected chi connectivity index (χ0v) is 33.0. The van der Waals surface area contributed by atoms with Gasteiger partial charge >= 0.3 is 0 Å². The van der Waals surface area contributed by atoms with Gasteiger partial charge in [-0.05, 0) is 45.4 Å². The van der Waals surface area contributed by atoms with Gasteiger partial charge in [-0.3, -0.25) is 4.79 Å². The Kier molecular flexibility index (Phi) is 10.1. The molecule has 0 aliphatic rings. The molecule has 4 aromatic carbocycles. The average molecular weight is 669 g/mol. The van der Waals surface area contributed by atoms with Gasteiger partial charge in [0, 0.05) is 21.5 Å². The Bertz CT molecular complexity index is 2010. The van der Waals surface area contributed by atoms with E-state index in [0.717, 1.165) is 44.0 Å². The molecule has 0 saturated carbocycles. The van der Waals surface area contributed by atoms with Crippen LogP contribution in [-0.2, 0) is 0 Å². The lowest BCUT2D eigenvalue weighted by molar-refractivity contribution is 0.838. The van der Waals surface area contributed by atoms with Gasteiger partial charge in [0.2, 0.25) is 0 Å². The minimum absolute atomic E-state index is 0.00625. The largest absolute Gasteiger partial charge is 0.289 e. The van der Waals surface area contributed by atoms with Crippen molar-refractivity contribution in [3.8, 4) is 22.9 Å². The highest BCUT2D eigenvalue weighted by Gasteiger charge is 2.42. The fourth-order valence-electron chi connectivity index (χ4n) is 8.85. The highest BCUT2D eigenvalue weighted by molar-refractivity contribution is 6.91. The molecule has 0 N–H and O–H groups in total. The van der Waals surface area contributed by atoms with Crippen molar-refractivity contribution in [1.82, 2.24) is 9.97 Å². The molecule has 5 aromatic rings. The van der Waals surface area contributed by atoms with E-state index in [1.54, 1.807) is 0 Å². The molecule has 0 unspecified atom stereocenters. The van der Waals surface area contributed by atoms with Crippen LogP contribution >= 0.6 is 0 Å². The fraction of sp³-hybridized carbons (Fsp3) is 0.419. The maximum atomic E-state index is 13.9. The first-order chi connectivity index (χ1) is 22.7. The van der Waals surface area contributed by atoms with Crippen molar-refractivity contribution in [2.75, 3.05) is 0 Å². The van der Waals surface area contributed by atoms with Crippen molar-refractivity contribution in [3.63, 3.8) is 0 Å². The van der Waals surface area contributed by atoms with Crippen LogP contribution in [0.2, 0.25) is 33.2 Å². The molecule has 0 amide bonds. The summed E-state index contributed by atoms with van der Waals surface area (Å²) >= 11 is 0. The highest BCUT2D eigenvalue weighted by Crippen LogP contribution is 2.42. The van der Waals surface area contributed by atoms with Crippen molar-refractivity contribution >= 4 is 59.8 Å². The number of aromatic nitrogens is 2. The molecule has 0 aliphatic carbocycles. The predicted molar refractivity (Wildman–Crippen MR) is 214 cm³/mol. The summed E-state index contributed by atoms with van der Waals surface area (Å²) in [5.74, 6) is 7.41. The normalized spacial score (nSPS) is 12.6. The summed E-state index contributed by atoms with van der Waals surface area (Å²) in [6.07, 6.45) is 0. The van der Waals surface area contributed by atoms with E-state index in [4.69, 9.17) is 9.97 Å². The summed E-state index contributed by atoms with van der Waals surface area (Å²) in [7, 11) is -4.03. The smallest absolute Gasteiger partial charge is 0.194 e. The molecular formula is C43H52N2OSi2. The van der Waals surface area contributed by atoms with Crippen LogP contribution in [0.15, 0.2) is 65.5 Å². The first kappa shape index (κ1) is 35.5. The lowest BCUT2D eigenvalue weighted by Crippen LogP contribution is -2.43. The van der Waals surface area contributed by atoms with E-state index in [1.807, 2.05) is 48.5 Å². The second kappa shape index (κ2) is 13.6. The molecule has 5 heteroatoms. The number of fused-ring (bicyclic) bond motifs is 6. The molecule has 0 bridgehead atoms. The van der Waals surface area contributed by atoms with Crippen LogP contribution in [-0.4, -0.2) is 26.1 Å². The summed E-state index contributed by atoms with van der Waals surface area (Å²) in [6.45, 7) is 28.1. The summed E-state index contributed by atoms with van der Waals surface area (Å²) in [5.41, 5.74) is 15.7. The van der Waals surface area contributed by atoms with E-state index in [-0.39, 0.29) is 5.43 Å². The Morgan fingerprint density at radius 1 is 0.438 bits per heavy atom. The number of rotatable bonds is 6. The third kappa shape index (κ3) is 5.80. The lowest BCUT2D eigenvalue weighted by atomic mass is 10.1. The SMILES string of the molecule is CC(C)[Si](C#Cc1ccc(C#C[Si](C(C)C)(C(C)C)C(C)C)c2nc3c4ccccc4c(=O)c4ccccc4c3nc12)(C(C)C)C(C)C. The zero-order chi connectivity index (χ0) is 35.1. The third-order valence-electron chi connectivity index (χ3n) is 11.2. The second-order valence-electron chi connectivity index (χ2n) is 15.5. The molecule has 1 aromatic heterocycles. The van der Waals surface area contributed by atoms with E-state index in [9.17, 15) is 4.79 Å². The number of benzene rings is 3. The molecule has 0 radical (unpaired) electrons. The monoisotopic (exact) mass is 668 g/mol.